The molecule has 1 saturated heterocycles. The van der Waals surface area contributed by atoms with Crippen molar-refractivity contribution in [3.05, 3.63) is 89.7 Å². The van der Waals surface area contributed by atoms with Crippen LogP contribution in [0.4, 0.5) is 31.1 Å². The van der Waals surface area contributed by atoms with Gasteiger partial charge in [-0.1, -0.05) is 68.4 Å². The molecule has 5 N–H and O–H groups in total. The number of halogens is 6. The predicted octanol–water partition coefficient (Wildman–Crippen LogP) is 5.69. The molecule has 282 valence electrons. The summed E-state index contributed by atoms with van der Waals surface area (Å²) in [6.07, 6.45) is -6.72. The summed E-state index contributed by atoms with van der Waals surface area (Å²) in [4.78, 5) is 48.8. The average Bonchev–Trinajstić information content (AvgIpc) is 3.40. The number of hydrogen-bond acceptors (Lipinski definition) is 7. The molecule has 2 heterocycles. The molecule has 0 bridgehead atoms. The van der Waals surface area contributed by atoms with E-state index in [9.17, 15) is 35.9 Å². The predicted molar refractivity (Wildman–Crippen MR) is 175 cm³/mol. The van der Waals surface area contributed by atoms with E-state index in [4.69, 9.17) is 24.5 Å². The number of amides is 2. The molecule has 3 aromatic rings. The van der Waals surface area contributed by atoms with Crippen molar-refractivity contribution in [2.75, 3.05) is 19.7 Å². The molecular weight excluding hydrogens is 702 g/mol. The molecule has 17 heteroatoms. The van der Waals surface area contributed by atoms with Gasteiger partial charge in [-0.05, 0) is 66.2 Å². The molecule has 52 heavy (non-hydrogen) atoms. The summed E-state index contributed by atoms with van der Waals surface area (Å²) < 4.78 is 69.2. The lowest BCUT2D eigenvalue weighted by Gasteiger charge is -2.39. The molecule has 1 atom stereocenters. The van der Waals surface area contributed by atoms with E-state index < -0.39 is 42.0 Å². The maximum atomic E-state index is 13.5. The molecule has 1 aliphatic carbocycles. The number of fused-ring (bicyclic) bond motifs is 3. The van der Waals surface area contributed by atoms with E-state index in [2.05, 4.69) is 45.2 Å². The van der Waals surface area contributed by atoms with E-state index in [1.165, 1.54) is 11.1 Å². The Morgan fingerprint density at radius 2 is 1.33 bits per heavy atom. The van der Waals surface area contributed by atoms with Crippen molar-refractivity contribution in [1.82, 2.24) is 20.9 Å². The van der Waals surface area contributed by atoms with Crippen molar-refractivity contribution in [2.24, 2.45) is 5.92 Å². The molecule has 0 saturated carbocycles. The number of ether oxygens (including phenoxy) is 1. The van der Waals surface area contributed by atoms with E-state index >= 15 is 0 Å². The second-order valence-electron chi connectivity index (χ2n) is 12.3. The Hall–Kier alpha value is -5.19. The third-order valence-electron chi connectivity index (χ3n) is 8.25. The smallest absolute Gasteiger partial charge is 0.475 e. The zero-order valence-electron chi connectivity index (χ0n) is 28.1. The van der Waals surface area contributed by atoms with Gasteiger partial charge in [0.15, 0.2) is 0 Å². The molecule has 11 nitrogen and oxygen atoms in total. The monoisotopic (exact) mass is 740 g/mol. The Morgan fingerprint density at radius 3 is 1.77 bits per heavy atom. The number of rotatable bonds is 8. The summed E-state index contributed by atoms with van der Waals surface area (Å²) >= 11 is 0. The topological polar surface area (TPSA) is 167 Å². The highest BCUT2D eigenvalue weighted by atomic mass is 19.4. The molecule has 2 aliphatic rings. The first kappa shape index (κ1) is 41.2. The van der Waals surface area contributed by atoms with Crippen LogP contribution in [0, 0.1) is 5.92 Å². The second kappa shape index (κ2) is 17.8. The minimum absolute atomic E-state index is 0.0316. The highest BCUT2D eigenvalue weighted by molar-refractivity contribution is 5.86. The molecule has 2 aromatic carbocycles. The quantitative estimate of drug-likeness (QED) is 0.182. The average molecular weight is 741 g/mol. The van der Waals surface area contributed by atoms with Crippen molar-refractivity contribution in [3.63, 3.8) is 0 Å². The number of piperidine rings is 1. The molecule has 2 amide bonds. The van der Waals surface area contributed by atoms with E-state index in [-0.39, 0.29) is 24.3 Å². The van der Waals surface area contributed by atoms with Gasteiger partial charge in [-0.3, -0.25) is 9.78 Å². The summed E-state index contributed by atoms with van der Waals surface area (Å²) in [7, 11) is 0. The number of carbonyl (C=O) groups is 4. The van der Waals surface area contributed by atoms with Crippen LogP contribution in [-0.2, 0) is 25.5 Å². The van der Waals surface area contributed by atoms with Crippen LogP contribution in [0.15, 0.2) is 72.9 Å². The number of nitrogens with zero attached hydrogens (tertiary/aromatic N) is 1. The highest BCUT2D eigenvalue weighted by Crippen LogP contribution is 2.44. The van der Waals surface area contributed by atoms with Crippen LogP contribution in [0.25, 0.3) is 11.1 Å². The lowest BCUT2D eigenvalue weighted by molar-refractivity contribution is -0.193. The van der Waals surface area contributed by atoms with E-state index in [0.29, 0.717) is 6.42 Å². The number of hydrogen-bond donors (Lipinski definition) is 5. The van der Waals surface area contributed by atoms with Gasteiger partial charge in [-0.15, -0.1) is 0 Å². The van der Waals surface area contributed by atoms with E-state index in [0.717, 1.165) is 42.8 Å². The van der Waals surface area contributed by atoms with Gasteiger partial charge >= 0.3 is 30.4 Å². The fourth-order valence-corrected chi connectivity index (χ4v) is 5.74. The van der Waals surface area contributed by atoms with Crippen molar-refractivity contribution < 1.29 is 60.5 Å². The minimum atomic E-state index is -5.08. The zero-order chi connectivity index (χ0) is 38.7. The molecule has 5 rings (SSSR count). The van der Waals surface area contributed by atoms with Crippen LogP contribution < -0.4 is 16.0 Å². The molecule has 1 fully saturated rings. The maximum Gasteiger partial charge on any atom is 0.490 e. The van der Waals surface area contributed by atoms with E-state index in [1.54, 1.807) is 6.20 Å². The first-order valence-electron chi connectivity index (χ1n) is 16.0. The van der Waals surface area contributed by atoms with Gasteiger partial charge < -0.3 is 30.9 Å². The van der Waals surface area contributed by atoms with Crippen LogP contribution in [0.2, 0.25) is 0 Å². The lowest BCUT2D eigenvalue weighted by atomic mass is 9.83. The van der Waals surface area contributed by atoms with Gasteiger partial charge in [0.1, 0.15) is 12.6 Å². The Balaban J connectivity index is 0.000000441. The van der Waals surface area contributed by atoms with E-state index in [1.807, 2.05) is 56.3 Å². The number of alkyl halides is 6. The van der Waals surface area contributed by atoms with Gasteiger partial charge in [0.05, 0.1) is 0 Å². The van der Waals surface area contributed by atoms with Crippen LogP contribution in [-0.4, -0.2) is 82.8 Å². The Kier molecular flexibility index (Phi) is 14.1. The van der Waals surface area contributed by atoms with Gasteiger partial charge in [0.2, 0.25) is 5.91 Å². The number of aliphatic carboxylic acids is 2. The number of carbonyl (C=O) groups excluding carboxylic acids is 2. The zero-order valence-corrected chi connectivity index (χ0v) is 28.1. The SMILES string of the molecule is CC(C)[C@@H](NC(=O)OCC1c2ccccc2-c2ccccc21)C(=O)NC1(Cc2ccccn2)CCNCC1.O=C(O)C(F)(F)F.O=C(O)C(F)(F)F. The molecule has 0 spiro atoms. The van der Waals surface area contributed by atoms with Crippen molar-refractivity contribution in [2.45, 2.75) is 63.0 Å². The Bertz CT molecular complexity index is 1610. The number of alkyl carbamates (subject to hydrolysis) is 1. The summed E-state index contributed by atoms with van der Waals surface area (Å²) in [5.41, 5.74) is 5.20. The summed E-state index contributed by atoms with van der Waals surface area (Å²) in [6.45, 7) is 5.71. The van der Waals surface area contributed by atoms with Gasteiger partial charge in [-0.2, -0.15) is 26.3 Å². The normalized spacial score (nSPS) is 15.3. The molecule has 0 radical (unpaired) electrons. The largest absolute Gasteiger partial charge is 0.490 e. The number of nitrogens with one attached hydrogen (secondary N) is 3. The minimum Gasteiger partial charge on any atom is -0.475 e. The van der Waals surface area contributed by atoms with Crippen molar-refractivity contribution in [1.29, 1.82) is 0 Å². The maximum absolute atomic E-state index is 13.5. The lowest BCUT2D eigenvalue weighted by Crippen LogP contribution is -2.61. The summed E-state index contributed by atoms with van der Waals surface area (Å²) in [5, 5.41) is 23.8. The molecule has 1 aliphatic heterocycles. The number of carboxylic acid groups (broad SMARTS) is 2. The Labute approximate surface area is 294 Å². The van der Waals surface area contributed by atoms with Crippen LogP contribution in [0.3, 0.4) is 0 Å². The molecule has 1 aromatic heterocycles. The number of benzene rings is 2. The highest BCUT2D eigenvalue weighted by Gasteiger charge is 2.39. The third kappa shape index (κ3) is 11.7. The number of carboxylic acids is 2. The van der Waals surface area contributed by atoms with Gasteiger partial charge in [0.25, 0.3) is 0 Å². The number of pyridine rings is 1. The first-order valence-corrected chi connectivity index (χ1v) is 16.0. The fourth-order valence-electron chi connectivity index (χ4n) is 5.74. The van der Waals surface area contributed by atoms with Crippen molar-refractivity contribution >= 4 is 23.9 Å². The molecular formula is C35H38F6N4O7. The van der Waals surface area contributed by atoms with Gasteiger partial charge in [0, 0.05) is 29.8 Å². The fraction of sp³-hybridized carbons (Fsp3) is 0.400. The molecule has 0 unspecified atom stereocenters. The summed E-state index contributed by atoms with van der Waals surface area (Å²) in [6, 6.07) is 21.6. The summed E-state index contributed by atoms with van der Waals surface area (Å²) in [5.74, 6) is -5.84. The Morgan fingerprint density at radius 1 is 0.846 bits per heavy atom. The second-order valence-corrected chi connectivity index (χ2v) is 12.3. The van der Waals surface area contributed by atoms with Crippen LogP contribution >= 0.6 is 0 Å². The first-order chi connectivity index (χ1) is 24.3. The van der Waals surface area contributed by atoms with Crippen LogP contribution in [0.5, 0.6) is 0 Å². The van der Waals surface area contributed by atoms with Gasteiger partial charge in [-0.25, -0.2) is 14.4 Å². The standard InChI is InChI=1S/C31H36N4O3.2C2HF3O2/c1-21(2)28(29(36)35-31(14-17-32-18-15-31)19-22-9-7-8-16-33-22)34-30(37)38-20-27-25-12-5-3-10-23(25)24-11-4-6-13-26(24)27;2*3-2(4,5)1(6)7/h3-13,16,21,27-28,32H,14-15,17-20H2,1-2H3,(H,34,37)(H,35,36);2*(H,6,7)/t28-;;/m1../s1. The number of aromatic nitrogens is 1. The van der Waals surface area contributed by atoms with Crippen molar-refractivity contribution in [3.8, 4) is 11.1 Å². The third-order valence-corrected chi connectivity index (χ3v) is 8.25. The van der Waals surface area contributed by atoms with Crippen LogP contribution in [0.1, 0.15) is 49.4 Å².